The minimum Gasteiger partial charge on any atom is -0.427 e. The Labute approximate surface area is 253 Å². The van der Waals surface area contributed by atoms with E-state index in [0.29, 0.717) is 6.07 Å². The van der Waals surface area contributed by atoms with Crippen LogP contribution in [0.4, 0.5) is 80.3 Å². The fourth-order valence-electron chi connectivity index (χ4n) is 3.12. The van der Waals surface area contributed by atoms with Crippen molar-refractivity contribution >= 4 is 35.6 Å². The lowest BCUT2D eigenvalue weighted by atomic mass is 9.91. The van der Waals surface area contributed by atoms with Gasteiger partial charge in [0.2, 0.25) is 5.83 Å². The molecule has 0 spiro atoms. The van der Waals surface area contributed by atoms with Gasteiger partial charge < -0.3 is 14.5 Å². The largest absolute Gasteiger partial charge is 0.460 e. The van der Waals surface area contributed by atoms with Crippen LogP contribution in [0.25, 0.3) is 0 Å². The van der Waals surface area contributed by atoms with Crippen LogP contribution >= 0.6 is 24.0 Å². The predicted octanol–water partition coefficient (Wildman–Crippen LogP) is 8.71. The number of anilines is 1. The number of carbonyl (C=O) groups excluding carboxylic acids is 1. The summed E-state index contributed by atoms with van der Waals surface area (Å²) >= 11 is 0. The number of alkyl halides is 15. The highest BCUT2D eigenvalue weighted by Crippen LogP contribution is 2.63. The predicted molar refractivity (Wildman–Crippen MR) is 129 cm³/mol. The second-order valence-corrected chi connectivity index (χ2v) is 8.94. The van der Waals surface area contributed by atoms with Crippen LogP contribution in [-0.4, -0.2) is 80.2 Å². The molecular formula is C22H20F17IN2O2. The van der Waals surface area contributed by atoms with E-state index in [1.165, 1.54) is 21.1 Å². The lowest BCUT2D eigenvalue weighted by molar-refractivity contribution is -0.451. The van der Waals surface area contributed by atoms with E-state index < -0.39 is 70.9 Å². The van der Waals surface area contributed by atoms with Gasteiger partial charge in [0.05, 0.1) is 5.69 Å². The maximum absolute atomic E-state index is 14.3. The minimum absolute atomic E-state index is 0. The number of benzene rings is 1. The molecule has 1 amide bonds. The van der Waals surface area contributed by atoms with Crippen molar-refractivity contribution in [3.05, 3.63) is 35.6 Å². The zero-order chi connectivity index (χ0) is 34.4. The van der Waals surface area contributed by atoms with Gasteiger partial charge in [-0.1, -0.05) is 6.92 Å². The Morgan fingerprint density at radius 2 is 1.16 bits per heavy atom. The molecule has 0 saturated carbocycles. The molecular weight excluding hydrogens is 774 g/mol. The van der Waals surface area contributed by atoms with Gasteiger partial charge in [-0.15, -0.1) is 24.0 Å². The summed E-state index contributed by atoms with van der Waals surface area (Å²) in [4.78, 5) is 14.3. The minimum atomic E-state index is -8.67. The van der Waals surface area contributed by atoms with Gasteiger partial charge in [0.25, 0.3) is 5.91 Å². The Kier molecular flexibility index (Phi) is 12.4. The van der Waals surface area contributed by atoms with Crippen LogP contribution in [0.3, 0.4) is 0 Å². The van der Waals surface area contributed by atoms with Gasteiger partial charge in [0, 0.05) is 33.3 Å². The zero-order valence-corrected chi connectivity index (χ0v) is 24.5. The Morgan fingerprint density at radius 3 is 1.57 bits per heavy atom. The Balaban J connectivity index is 0.0000185. The molecule has 0 saturated heterocycles. The third kappa shape index (κ3) is 6.72. The standard InChI is InChI=1S/C22H19F17N2O2.HI/c1-5-8-41(4)11-9-10(15(42)40(2)3)6-7-12(11)43-14(24)13(23)16(25,26)17(27,28)18(29,30)19(31,32)20(33,34)21(35,36)22(37,38)39;/h6-7,9H,5,8H2,1-4H3;1H. The molecule has 0 aromatic heterocycles. The van der Waals surface area contributed by atoms with E-state index in [-0.39, 0.29) is 42.5 Å². The summed E-state index contributed by atoms with van der Waals surface area (Å²) in [6.45, 7) is 1.55. The van der Waals surface area contributed by atoms with Crippen LogP contribution in [-0.2, 0) is 0 Å². The van der Waals surface area contributed by atoms with Crippen molar-refractivity contribution in [1.82, 2.24) is 4.90 Å². The molecule has 0 aliphatic carbocycles. The topological polar surface area (TPSA) is 32.8 Å². The van der Waals surface area contributed by atoms with Crippen molar-refractivity contribution in [3.63, 3.8) is 0 Å². The first-order valence-corrected chi connectivity index (χ1v) is 11.1. The number of ether oxygens (including phenoxy) is 1. The molecule has 22 heteroatoms. The van der Waals surface area contributed by atoms with E-state index >= 15 is 0 Å². The summed E-state index contributed by atoms with van der Waals surface area (Å²) in [7, 11) is 3.72. The van der Waals surface area contributed by atoms with E-state index in [2.05, 4.69) is 4.74 Å². The molecule has 1 aromatic rings. The van der Waals surface area contributed by atoms with E-state index in [9.17, 15) is 79.4 Å². The average Bonchev–Trinajstić information content (AvgIpc) is 2.86. The van der Waals surface area contributed by atoms with Gasteiger partial charge >= 0.3 is 47.7 Å². The van der Waals surface area contributed by atoms with Crippen molar-refractivity contribution in [2.24, 2.45) is 0 Å². The quantitative estimate of drug-likeness (QED) is 0.121. The first kappa shape index (κ1) is 41.6. The number of allylic oxidation sites excluding steroid dienone is 1. The molecule has 44 heavy (non-hydrogen) atoms. The second kappa shape index (κ2) is 13.1. The highest BCUT2D eigenvalue weighted by Gasteiger charge is 2.93. The molecule has 0 radical (unpaired) electrons. The van der Waals surface area contributed by atoms with Gasteiger partial charge in [-0.2, -0.15) is 74.6 Å². The summed E-state index contributed by atoms with van der Waals surface area (Å²) in [5.74, 6) is -56.3. The number of rotatable bonds is 12. The molecule has 0 unspecified atom stereocenters. The smallest absolute Gasteiger partial charge is 0.427 e. The summed E-state index contributed by atoms with van der Waals surface area (Å²) in [5, 5.41) is 0. The normalized spacial score (nSPS) is 14.5. The van der Waals surface area contributed by atoms with Crippen LogP contribution in [0.15, 0.2) is 30.0 Å². The first-order chi connectivity index (χ1) is 19.0. The molecule has 256 valence electrons. The second-order valence-electron chi connectivity index (χ2n) is 8.94. The van der Waals surface area contributed by atoms with E-state index in [1.54, 1.807) is 6.92 Å². The number of amides is 1. The molecule has 0 aliphatic heterocycles. The summed E-state index contributed by atoms with van der Waals surface area (Å²) in [5.41, 5.74) is -0.672. The number of carbonyl (C=O) groups is 1. The molecule has 0 bridgehead atoms. The van der Waals surface area contributed by atoms with Crippen LogP contribution < -0.4 is 9.64 Å². The first-order valence-electron chi connectivity index (χ1n) is 11.1. The molecule has 0 fully saturated rings. The molecule has 1 aromatic carbocycles. The van der Waals surface area contributed by atoms with Crippen molar-refractivity contribution in [1.29, 1.82) is 0 Å². The molecule has 4 nitrogen and oxygen atoms in total. The third-order valence-corrected chi connectivity index (χ3v) is 5.56. The van der Waals surface area contributed by atoms with E-state index in [1.807, 2.05) is 0 Å². The van der Waals surface area contributed by atoms with Crippen LogP contribution in [0.1, 0.15) is 23.7 Å². The van der Waals surface area contributed by atoms with Crippen molar-refractivity contribution < 1.29 is 84.2 Å². The lowest BCUT2D eigenvalue weighted by Gasteiger charge is -2.41. The van der Waals surface area contributed by atoms with Crippen molar-refractivity contribution in [2.75, 3.05) is 32.6 Å². The average molecular weight is 794 g/mol. The van der Waals surface area contributed by atoms with Crippen LogP contribution in [0.5, 0.6) is 5.75 Å². The SMILES string of the molecule is CCCN(C)c1cc(C(=O)N(C)C)ccc1OC(F)=C(F)C(F)(F)C(F)(F)C(F)(F)C(F)(F)C(F)(F)C(F)(F)C(F)(F)F.I. The van der Waals surface area contributed by atoms with Gasteiger partial charge in [-0.05, 0) is 24.6 Å². The lowest BCUT2D eigenvalue weighted by Crippen LogP contribution is -2.72. The highest BCUT2D eigenvalue weighted by molar-refractivity contribution is 14.0. The Morgan fingerprint density at radius 1 is 0.727 bits per heavy atom. The number of halogens is 18. The highest BCUT2D eigenvalue weighted by atomic mass is 127. The molecule has 1 rings (SSSR count). The number of hydrogen-bond acceptors (Lipinski definition) is 3. The van der Waals surface area contributed by atoms with Gasteiger partial charge in [0.1, 0.15) is 0 Å². The maximum atomic E-state index is 14.3. The fraction of sp³-hybridized carbons (Fsp3) is 0.591. The Bertz CT molecular complexity index is 1220. The Hall–Kier alpha value is -2.43. The molecule has 0 N–H and O–H groups in total. The van der Waals surface area contributed by atoms with E-state index in [0.717, 1.165) is 21.9 Å². The van der Waals surface area contributed by atoms with E-state index in [4.69, 9.17) is 0 Å². The number of hydrogen-bond donors (Lipinski definition) is 0. The fourth-order valence-corrected chi connectivity index (χ4v) is 3.12. The van der Waals surface area contributed by atoms with Crippen LogP contribution in [0.2, 0.25) is 0 Å². The summed E-state index contributed by atoms with van der Waals surface area (Å²) in [6.07, 6.45) is -7.53. The third-order valence-electron chi connectivity index (χ3n) is 5.56. The molecule has 0 atom stereocenters. The molecule has 0 heterocycles. The summed E-state index contributed by atoms with van der Waals surface area (Å²) in [6, 6.07) is -1.35. The van der Waals surface area contributed by atoms with Gasteiger partial charge in [-0.3, -0.25) is 4.79 Å². The number of nitrogens with zero attached hydrogens (tertiary/aromatic N) is 2. The molecule has 0 aliphatic rings. The maximum Gasteiger partial charge on any atom is 0.460 e. The van der Waals surface area contributed by atoms with Gasteiger partial charge in [-0.25, -0.2) is 0 Å². The van der Waals surface area contributed by atoms with Crippen molar-refractivity contribution in [2.45, 2.75) is 55.1 Å². The summed E-state index contributed by atoms with van der Waals surface area (Å²) < 4.78 is 233. The monoisotopic (exact) mass is 794 g/mol. The van der Waals surface area contributed by atoms with Gasteiger partial charge in [0.15, 0.2) is 5.75 Å². The van der Waals surface area contributed by atoms with Crippen LogP contribution in [0, 0.1) is 0 Å². The zero-order valence-electron chi connectivity index (χ0n) is 22.2. The van der Waals surface area contributed by atoms with Crippen molar-refractivity contribution in [3.8, 4) is 5.75 Å².